The van der Waals surface area contributed by atoms with Gasteiger partial charge >= 0.3 is 0 Å². The molecule has 1 aromatic heterocycles. The number of hydrogen-bond donors (Lipinski definition) is 0. The SMILES string of the molecule is Cc1cc2c3c(c1)N1c4c(cccc4C4(C)CCCCC14C)B3c1ccc(N(c3ccc(C(C)(C)C)cc3)c3cccc4c3sc3ccccc34)cc1N2c1cc2c(cc1-c1ccccc1)C(C)(C)CCC2(C)C. The number of thiophene rings is 1. The second-order valence-electron chi connectivity index (χ2n) is 25.6. The zero-order valence-corrected chi connectivity index (χ0v) is 45.9. The predicted molar refractivity (Wildman–Crippen MR) is 320 cm³/mol. The predicted octanol–water partition coefficient (Wildman–Crippen LogP) is 17.5. The molecule has 2 aliphatic carbocycles. The van der Waals surface area contributed by atoms with Crippen molar-refractivity contribution in [3.05, 3.63) is 186 Å². The third-order valence-corrected chi connectivity index (χ3v) is 20.5. The first-order valence-electron chi connectivity index (χ1n) is 27.5. The number of hydrogen-bond acceptors (Lipinski definition) is 4. The molecule has 1 saturated carbocycles. The molecule has 0 N–H and O–H groups in total. The monoisotopic (exact) mass is 982 g/mol. The van der Waals surface area contributed by atoms with Gasteiger partial charge < -0.3 is 14.7 Å². The highest BCUT2D eigenvalue weighted by molar-refractivity contribution is 7.26. The van der Waals surface area contributed by atoms with Gasteiger partial charge in [0.25, 0.3) is 6.71 Å². The lowest BCUT2D eigenvalue weighted by Gasteiger charge is -2.53. The quantitative estimate of drug-likeness (QED) is 0.159. The van der Waals surface area contributed by atoms with Gasteiger partial charge in [0.15, 0.2) is 0 Å². The molecule has 5 aliphatic rings. The molecule has 14 rings (SSSR count). The summed E-state index contributed by atoms with van der Waals surface area (Å²) in [6.45, 7) is 24.5. The summed E-state index contributed by atoms with van der Waals surface area (Å²) < 4.78 is 2.61. The van der Waals surface area contributed by atoms with Crippen molar-refractivity contribution in [3.8, 4) is 11.1 Å². The van der Waals surface area contributed by atoms with Crippen LogP contribution in [-0.2, 0) is 21.7 Å². The molecule has 0 amide bonds. The zero-order chi connectivity index (χ0) is 50.8. The van der Waals surface area contributed by atoms with Gasteiger partial charge in [0, 0.05) is 60.6 Å². The van der Waals surface area contributed by atoms with Crippen LogP contribution < -0.4 is 31.1 Å². The normalized spacial score (nSPS) is 20.8. The molecule has 2 atom stereocenters. The van der Waals surface area contributed by atoms with E-state index in [2.05, 4.69) is 242 Å². The highest BCUT2D eigenvalue weighted by Gasteiger charge is 2.61. The second-order valence-corrected chi connectivity index (χ2v) is 26.6. The molecule has 0 bridgehead atoms. The van der Waals surface area contributed by atoms with E-state index in [1.807, 2.05) is 11.3 Å². The number of rotatable bonds is 5. The van der Waals surface area contributed by atoms with Crippen molar-refractivity contribution in [2.24, 2.45) is 0 Å². The van der Waals surface area contributed by atoms with E-state index in [0.29, 0.717) is 0 Å². The summed E-state index contributed by atoms with van der Waals surface area (Å²) in [4.78, 5) is 8.18. The molecular weight excluding hydrogens is 914 g/mol. The van der Waals surface area contributed by atoms with Crippen molar-refractivity contribution >= 4 is 100 Å². The number of para-hydroxylation sites is 1. The first-order valence-corrected chi connectivity index (χ1v) is 28.4. The van der Waals surface area contributed by atoms with Crippen LogP contribution in [-0.4, -0.2) is 12.3 Å². The first kappa shape index (κ1) is 46.0. The lowest BCUT2D eigenvalue weighted by Crippen LogP contribution is -2.64. The van der Waals surface area contributed by atoms with Crippen LogP contribution in [0.5, 0.6) is 0 Å². The Hall–Kier alpha value is -6.56. The van der Waals surface area contributed by atoms with Gasteiger partial charge in [-0.15, -0.1) is 11.3 Å². The van der Waals surface area contributed by atoms with Crippen molar-refractivity contribution in [2.45, 2.75) is 135 Å². The van der Waals surface area contributed by atoms with Gasteiger partial charge in [-0.3, -0.25) is 0 Å². The Bertz CT molecular complexity index is 3800. The van der Waals surface area contributed by atoms with Gasteiger partial charge in [0.05, 0.1) is 21.6 Å². The largest absolute Gasteiger partial charge is 0.335 e. The minimum Gasteiger partial charge on any atom is -0.335 e. The highest BCUT2D eigenvalue weighted by atomic mass is 32.1. The Labute approximate surface area is 444 Å². The summed E-state index contributed by atoms with van der Waals surface area (Å²) in [6.07, 6.45) is 7.24. The Kier molecular flexibility index (Phi) is 9.79. The first-order chi connectivity index (χ1) is 35.5. The van der Waals surface area contributed by atoms with E-state index in [0.717, 1.165) is 24.2 Å². The molecule has 0 radical (unpaired) electrons. The van der Waals surface area contributed by atoms with Crippen LogP contribution >= 0.6 is 11.3 Å². The molecular formula is C69H68BN3S. The molecule has 3 aliphatic heterocycles. The fraction of sp³-hybridized carbons (Fsp3) is 0.304. The molecule has 5 heteroatoms. The van der Waals surface area contributed by atoms with Crippen LogP contribution in [0.2, 0.25) is 0 Å². The average molecular weight is 982 g/mol. The maximum Gasteiger partial charge on any atom is 0.252 e. The molecule has 3 nitrogen and oxygen atoms in total. The standard InChI is InChI=1S/C69H68BN3S/c1-43-38-59-62-60(39-43)73-63-51(68(9)34-16-17-35-69(68,73)10)24-19-25-55(63)70(62)54-33-32-47(40-58(54)72(59)57-42-53-52(66(5,6)36-37-67(53,7)8)41-50(57)44-20-12-11-13-21-44)71(46-30-28-45(29-31-46)65(2,3)4)56-26-18-23-49-48-22-14-15-27-61(48)74-64(49)56/h11-15,18-33,38-42H,16-17,34-37H2,1-10H3. The van der Waals surface area contributed by atoms with E-state index in [-0.39, 0.29) is 33.9 Å². The van der Waals surface area contributed by atoms with Gasteiger partial charge in [0.1, 0.15) is 0 Å². The van der Waals surface area contributed by atoms with E-state index in [4.69, 9.17) is 0 Å². The van der Waals surface area contributed by atoms with Crippen molar-refractivity contribution in [2.75, 3.05) is 14.7 Å². The lowest BCUT2D eigenvalue weighted by molar-refractivity contribution is 0.195. The van der Waals surface area contributed by atoms with Crippen LogP contribution in [0.25, 0.3) is 31.3 Å². The van der Waals surface area contributed by atoms with Gasteiger partial charge in [-0.2, -0.15) is 0 Å². The summed E-state index contributed by atoms with van der Waals surface area (Å²) in [5.74, 6) is 0. The molecule has 0 spiro atoms. The Morgan fingerprint density at radius 2 is 1.23 bits per heavy atom. The van der Waals surface area contributed by atoms with Gasteiger partial charge in [0.2, 0.25) is 0 Å². The highest BCUT2D eigenvalue weighted by Crippen LogP contribution is 2.62. The number of nitrogens with zero attached hydrogens (tertiary/aromatic N) is 3. The molecule has 8 aromatic carbocycles. The molecule has 1 fully saturated rings. The van der Waals surface area contributed by atoms with E-state index in [9.17, 15) is 0 Å². The summed E-state index contributed by atoms with van der Waals surface area (Å²) >= 11 is 1.91. The fourth-order valence-corrected chi connectivity index (χ4v) is 16.1. The molecule has 2 unspecified atom stereocenters. The van der Waals surface area contributed by atoms with E-state index in [1.165, 1.54) is 130 Å². The third-order valence-electron chi connectivity index (χ3n) is 19.3. The van der Waals surface area contributed by atoms with Crippen LogP contribution in [0.4, 0.5) is 45.5 Å². The lowest BCUT2D eigenvalue weighted by atomic mass is 9.33. The Balaban J connectivity index is 1.10. The fourth-order valence-electron chi connectivity index (χ4n) is 14.9. The van der Waals surface area contributed by atoms with Crippen LogP contribution in [0, 0.1) is 6.92 Å². The Morgan fingerprint density at radius 1 is 0.554 bits per heavy atom. The number of benzene rings is 8. The zero-order valence-electron chi connectivity index (χ0n) is 45.1. The van der Waals surface area contributed by atoms with Crippen LogP contribution in [0.3, 0.4) is 0 Å². The van der Waals surface area contributed by atoms with Gasteiger partial charge in [-0.1, -0.05) is 165 Å². The average Bonchev–Trinajstić information content (AvgIpc) is 3.91. The number of fused-ring (bicyclic) bond motifs is 11. The minimum absolute atomic E-state index is 0.00766. The van der Waals surface area contributed by atoms with E-state index in [1.54, 1.807) is 5.56 Å². The topological polar surface area (TPSA) is 9.72 Å². The molecule has 74 heavy (non-hydrogen) atoms. The smallest absolute Gasteiger partial charge is 0.252 e. The summed E-state index contributed by atoms with van der Waals surface area (Å²) in [5.41, 5.74) is 24.2. The summed E-state index contributed by atoms with van der Waals surface area (Å²) in [5, 5.41) is 2.61. The molecule has 368 valence electrons. The molecule has 9 aromatic rings. The summed E-state index contributed by atoms with van der Waals surface area (Å²) in [6, 6.07) is 61.9. The Morgan fingerprint density at radius 3 is 2.00 bits per heavy atom. The van der Waals surface area contributed by atoms with Gasteiger partial charge in [-0.25, -0.2) is 0 Å². The van der Waals surface area contributed by atoms with Gasteiger partial charge in [-0.05, 0) is 166 Å². The second kappa shape index (κ2) is 15.7. The van der Waals surface area contributed by atoms with Crippen molar-refractivity contribution < 1.29 is 0 Å². The maximum absolute atomic E-state index is 2.88. The van der Waals surface area contributed by atoms with E-state index >= 15 is 0 Å². The minimum atomic E-state index is -0.0432. The van der Waals surface area contributed by atoms with Crippen molar-refractivity contribution in [1.82, 2.24) is 0 Å². The van der Waals surface area contributed by atoms with E-state index < -0.39 is 0 Å². The van der Waals surface area contributed by atoms with Crippen molar-refractivity contribution in [1.29, 1.82) is 0 Å². The summed E-state index contributed by atoms with van der Waals surface area (Å²) in [7, 11) is 0. The molecule has 0 saturated heterocycles. The van der Waals surface area contributed by atoms with Crippen LogP contribution in [0.15, 0.2) is 158 Å². The number of aryl methyl sites for hydroxylation is 1. The van der Waals surface area contributed by atoms with Crippen molar-refractivity contribution in [3.63, 3.8) is 0 Å². The molecule has 4 heterocycles. The van der Waals surface area contributed by atoms with Crippen LogP contribution in [0.1, 0.15) is 129 Å². The maximum atomic E-state index is 2.88. The number of anilines is 8. The third kappa shape index (κ3) is 6.38.